The monoisotopic (exact) mass is 335 g/mol. The summed E-state index contributed by atoms with van der Waals surface area (Å²) in [6.07, 6.45) is 0. The van der Waals surface area contributed by atoms with Gasteiger partial charge in [-0.15, -0.1) is 0 Å². The Balaban J connectivity index is 1.86. The van der Waals surface area contributed by atoms with Crippen LogP contribution in [0.5, 0.6) is 5.75 Å². The molecule has 0 spiro atoms. The summed E-state index contributed by atoms with van der Waals surface area (Å²) >= 11 is 0. The lowest BCUT2D eigenvalue weighted by molar-refractivity contribution is 0.0590. The van der Waals surface area contributed by atoms with Crippen LogP contribution in [0.4, 0.5) is 0 Å². The third kappa shape index (κ3) is 2.42. The molecule has 6 heteroatoms. The number of ether oxygens (including phenoxy) is 2. The molecular formula is C19H17N3O3. The van der Waals surface area contributed by atoms with Crippen LogP contribution in [0.15, 0.2) is 54.6 Å². The van der Waals surface area contributed by atoms with E-state index >= 15 is 0 Å². The molecule has 0 fully saturated rings. The molecule has 0 bridgehead atoms. The van der Waals surface area contributed by atoms with Gasteiger partial charge in [0.1, 0.15) is 18.1 Å². The first-order valence-corrected chi connectivity index (χ1v) is 7.91. The maximum atomic E-state index is 12.4. The first-order chi connectivity index (χ1) is 12.2. The molecule has 25 heavy (non-hydrogen) atoms. The summed E-state index contributed by atoms with van der Waals surface area (Å²) in [5, 5.41) is 0. The van der Waals surface area contributed by atoms with E-state index in [4.69, 9.17) is 9.47 Å². The first-order valence-electron chi connectivity index (χ1n) is 7.91. The molecule has 126 valence electrons. The van der Waals surface area contributed by atoms with Crippen LogP contribution in [0.25, 0.3) is 16.8 Å². The zero-order chi connectivity index (χ0) is 17.4. The van der Waals surface area contributed by atoms with Crippen LogP contribution >= 0.6 is 0 Å². The second kappa shape index (κ2) is 5.98. The van der Waals surface area contributed by atoms with Crippen molar-refractivity contribution in [2.45, 2.75) is 6.61 Å². The Kier molecular flexibility index (Phi) is 3.65. The number of benzene rings is 2. The van der Waals surface area contributed by atoms with Crippen LogP contribution < -0.4 is 4.74 Å². The number of esters is 1. The highest BCUT2D eigenvalue weighted by atomic mass is 16.5. The number of hydrogen-bond donors (Lipinski definition) is 0. The van der Waals surface area contributed by atoms with Crippen LogP contribution in [0, 0.1) is 0 Å². The molecule has 0 atom stereocenters. The molecule has 4 rings (SSSR count). The van der Waals surface area contributed by atoms with Crippen molar-refractivity contribution < 1.29 is 14.3 Å². The Morgan fingerprint density at radius 3 is 2.44 bits per heavy atom. The summed E-state index contributed by atoms with van der Waals surface area (Å²) in [5.41, 5.74) is 2.84. The van der Waals surface area contributed by atoms with E-state index in [0.717, 1.165) is 16.8 Å². The van der Waals surface area contributed by atoms with Gasteiger partial charge in [0, 0.05) is 7.05 Å². The smallest absolute Gasteiger partial charge is 0.357 e. The molecule has 0 unspecified atom stereocenters. The second-order valence-corrected chi connectivity index (χ2v) is 5.68. The van der Waals surface area contributed by atoms with Crippen LogP contribution in [0.2, 0.25) is 0 Å². The quantitative estimate of drug-likeness (QED) is 0.538. The van der Waals surface area contributed by atoms with Crippen molar-refractivity contribution in [2.24, 2.45) is 7.05 Å². The van der Waals surface area contributed by atoms with Crippen molar-refractivity contribution in [1.82, 2.24) is 14.0 Å². The fourth-order valence-corrected chi connectivity index (χ4v) is 3.03. The zero-order valence-corrected chi connectivity index (χ0v) is 14.0. The van der Waals surface area contributed by atoms with Crippen molar-refractivity contribution >= 4 is 22.8 Å². The highest BCUT2D eigenvalue weighted by molar-refractivity contribution is 5.93. The van der Waals surface area contributed by atoms with Crippen molar-refractivity contribution in [3.8, 4) is 5.75 Å². The fraction of sp³-hybridized carbons (Fsp3) is 0.158. The molecule has 0 aliphatic heterocycles. The second-order valence-electron chi connectivity index (χ2n) is 5.68. The molecule has 0 saturated carbocycles. The van der Waals surface area contributed by atoms with Crippen molar-refractivity contribution in [3.05, 3.63) is 66.0 Å². The standard InChI is InChI=1S/C19H17N3O3/c1-21-15-10-6-7-11-16(15)22-17(18(23)24-2)14(20-19(21)22)12-25-13-8-4-3-5-9-13/h3-11H,12H2,1-2H3. The van der Waals surface area contributed by atoms with Crippen LogP contribution in [0.3, 0.4) is 0 Å². The zero-order valence-electron chi connectivity index (χ0n) is 14.0. The van der Waals surface area contributed by atoms with E-state index in [9.17, 15) is 4.79 Å². The minimum Gasteiger partial charge on any atom is -0.487 e. The van der Waals surface area contributed by atoms with Gasteiger partial charge in [-0.25, -0.2) is 9.78 Å². The number of methoxy groups -OCH3 is 1. The first kappa shape index (κ1) is 15.3. The number of carbonyl (C=O) groups is 1. The number of aromatic nitrogens is 3. The Labute approximate surface area is 144 Å². The minimum absolute atomic E-state index is 0.185. The van der Waals surface area contributed by atoms with Gasteiger partial charge in [0.25, 0.3) is 0 Å². The molecule has 0 aliphatic rings. The molecule has 6 nitrogen and oxygen atoms in total. The van der Waals surface area contributed by atoms with Gasteiger partial charge in [-0.3, -0.25) is 4.40 Å². The summed E-state index contributed by atoms with van der Waals surface area (Å²) in [5.74, 6) is 0.962. The fourth-order valence-electron chi connectivity index (χ4n) is 3.03. The van der Waals surface area contributed by atoms with E-state index < -0.39 is 5.97 Å². The lowest BCUT2D eigenvalue weighted by atomic mass is 10.3. The van der Waals surface area contributed by atoms with Crippen LogP contribution in [-0.4, -0.2) is 27.0 Å². The van der Waals surface area contributed by atoms with Gasteiger partial charge < -0.3 is 14.0 Å². The van der Waals surface area contributed by atoms with E-state index in [1.165, 1.54) is 7.11 Å². The van der Waals surface area contributed by atoms with E-state index in [1.807, 2.05) is 70.6 Å². The number of fused-ring (bicyclic) bond motifs is 3. The molecule has 0 radical (unpaired) electrons. The van der Waals surface area contributed by atoms with Gasteiger partial charge in [-0.1, -0.05) is 30.3 Å². The van der Waals surface area contributed by atoms with Gasteiger partial charge >= 0.3 is 5.97 Å². The van der Waals surface area contributed by atoms with Gasteiger partial charge in [-0.2, -0.15) is 0 Å². The summed E-state index contributed by atoms with van der Waals surface area (Å²) in [6.45, 7) is 0.185. The van der Waals surface area contributed by atoms with Crippen molar-refractivity contribution in [3.63, 3.8) is 0 Å². The molecule has 0 saturated heterocycles. The number of rotatable bonds is 4. The number of nitrogens with zero attached hydrogens (tertiary/aromatic N) is 3. The lowest BCUT2D eigenvalue weighted by Gasteiger charge is -2.06. The number of carbonyl (C=O) groups excluding carboxylic acids is 1. The third-order valence-corrected chi connectivity index (χ3v) is 4.21. The number of hydrogen-bond acceptors (Lipinski definition) is 4. The number of aryl methyl sites for hydroxylation is 1. The van der Waals surface area contributed by atoms with Gasteiger partial charge in [0.05, 0.1) is 18.1 Å². The molecule has 0 aliphatic carbocycles. The van der Waals surface area contributed by atoms with Crippen LogP contribution in [0.1, 0.15) is 16.2 Å². The average Bonchev–Trinajstić information content (AvgIpc) is 3.16. The number of imidazole rings is 2. The lowest BCUT2D eigenvalue weighted by Crippen LogP contribution is -2.10. The van der Waals surface area contributed by atoms with E-state index in [0.29, 0.717) is 17.2 Å². The third-order valence-electron chi connectivity index (χ3n) is 4.21. The minimum atomic E-state index is -0.435. The SMILES string of the molecule is COC(=O)c1c(COc2ccccc2)nc2n(C)c3ccccc3n12. The molecule has 0 N–H and O–H groups in total. The van der Waals surface area contributed by atoms with Crippen LogP contribution in [-0.2, 0) is 18.4 Å². The Bertz CT molecular complexity index is 1060. The molecule has 2 aromatic carbocycles. The summed E-state index contributed by atoms with van der Waals surface area (Å²) in [7, 11) is 3.29. The van der Waals surface area contributed by atoms with Gasteiger partial charge in [-0.05, 0) is 24.3 Å². The van der Waals surface area contributed by atoms with Gasteiger partial charge in [0.15, 0.2) is 5.69 Å². The number of para-hydroxylation sites is 3. The summed E-state index contributed by atoms with van der Waals surface area (Å²) < 4.78 is 14.6. The maximum Gasteiger partial charge on any atom is 0.357 e. The summed E-state index contributed by atoms with van der Waals surface area (Å²) in [4.78, 5) is 17.1. The normalized spacial score (nSPS) is 11.1. The van der Waals surface area contributed by atoms with E-state index in [-0.39, 0.29) is 6.61 Å². The van der Waals surface area contributed by atoms with Crippen molar-refractivity contribution in [2.75, 3.05) is 7.11 Å². The summed E-state index contributed by atoms with van der Waals surface area (Å²) in [6, 6.07) is 17.3. The highest BCUT2D eigenvalue weighted by Gasteiger charge is 2.24. The molecule has 0 amide bonds. The predicted octanol–water partition coefficient (Wildman–Crippen LogP) is 3.19. The Hall–Kier alpha value is -3.28. The molecule has 2 aromatic heterocycles. The molecule has 2 heterocycles. The topological polar surface area (TPSA) is 57.8 Å². The van der Waals surface area contributed by atoms with E-state index in [2.05, 4.69) is 4.98 Å². The maximum absolute atomic E-state index is 12.4. The molecular weight excluding hydrogens is 318 g/mol. The van der Waals surface area contributed by atoms with Crippen molar-refractivity contribution in [1.29, 1.82) is 0 Å². The van der Waals surface area contributed by atoms with Gasteiger partial charge in [0.2, 0.25) is 5.78 Å². The highest BCUT2D eigenvalue weighted by Crippen LogP contribution is 2.25. The molecule has 4 aromatic rings. The average molecular weight is 335 g/mol. The Morgan fingerprint density at radius 1 is 1.04 bits per heavy atom. The Morgan fingerprint density at radius 2 is 1.72 bits per heavy atom. The van der Waals surface area contributed by atoms with E-state index in [1.54, 1.807) is 0 Å². The predicted molar refractivity (Wildman–Crippen MR) is 93.8 cm³/mol. The largest absolute Gasteiger partial charge is 0.487 e.